The van der Waals surface area contributed by atoms with Crippen molar-refractivity contribution in [3.05, 3.63) is 99.9 Å². The molecule has 0 radical (unpaired) electrons. The minimum atomic E-state index is -1.06. The molecule has 1 fully saturated rings. The van der Waals surface area contributed by atoms with Gasteiger partial charge in [0.15, 0.2) is 0 Å². The molecular formula is C39H44Cl2FN5O3. The molecule has 3 atom stereocenters. The molecule has 1 unspecified atom stereocenters. The molecule has 6 rings (SSSR count). The SMILES string of the molecule is CC(C)n1c(C=C[C@H](O)C[C@H](O)CC(=O)N2CCN=C2C2CN(C)CCN2Cc2ccc(Cl)cc2Cl)c(-c2ccc(F)cc2)c2ccccc21. The highest BCUT2D eigenvalue weighted by molar-refractivity contribution is 6.35. The lowest BCUT2D eigenvalue weighted by molar-refractivity contribution is -0.129. The molecule has 50 heavy (non-hydrogen) atoms. The van der Waals surface area contributed by atoms with E-state index in [1.54, 1.807) is 29.2 Å². The first kappa shape index (κ1) is 36.2. The summed E-state index contributed by atoms with van der Waals surface area (Å²) in [4.78, 5) is 24.6. The van der Waals surface area contributed by atoms with E-state index in [0.717, 1.165) is 46.4 Å². The van der Waals surface area contributed by atoms with E-state index in [1.165, 1.54) is 12.1 Å². The Morgan fingerprint density at radius 1 is 1.04 bits per heavy atom. The number of amidine groups is 1. The number of aliphatic hydroxyl groups is 2. The van der Waals surface area contributed by atoms with E-state index in [0.29, 0.717) is 42.1 Å². The van der Waals surface area contributed by atoms with Crippen molar-refractivity contribution in [2.45, 2.75) is 57.5 Å². The summed E-state index contributed by atoms with van der Waals surface area (Å²) in [5.41, 5.74) is 4.66. The third kappa shape index (κ3) is 7.99. The first-order valence-electron chi connectivity index (χ1n) is 17.1. The van der Waals surface area contributed by atoms with E-state index in [9.17, 15) is 19.4 Å². The van der Waals surface area contributed by atoms with Crippen LogP contribution in [0.5, 0.6) is 0 Å². The molecule has 2 N–H and O–H groups in total. The molecule has 1 aromatic heterocycles. The van der Waals surface area contributed by atoms with Crippen molar-refractivity contribution < 1.29 is 19.4 Å². The first-order valence-corrected chi connectivity index (χ1v) is 17.9. The highest BCUT2D eigenvalue weighted by atomic mass is 35.5. The molecule has 0 spiro atoms. The second kappa shape index (κ2) is 15.8. The van der Waals surface area contributed by atoms with E-state index in [-0.39, 0.29) is 36.6 Å². The van der Waals surface area contributed by atoms with Crippen LogP contribution in [0.15, 0.2) is 77.8 Å². The van der Waals surface area contributed by atoms with E-state index >= 15 is 0 Å². The number of rotatable bonds is 11. The van der Waals surface area contributed by atoms with Gasteiger partial charge in [0.1, 0.15) is 11.7 Å². The molecule has 8 nitrogen and oxygen atoms in total. The van der Waals surface area contributed by atoms with Crippen molar-refractivity contribution in [3.8, 4) is 11.1 Å². The average Bonchev–Trinajstić information content (AvgIpc) is 3.69. The number of halogens is 3. The number of carbonyl (C=O) groups is 1. The number of para-hydroxylation sites is 1. The summed E-state index contributed by atoms with van der Waals surface area (Å²) in [6.45, 7) is 8.08. The van der Waals surface area contributed by atoms with Crippen LogP contribution in [0.1, 0.15) is 44.0 Å². The fraction of sp³-hybridized carbons (Fsp3) is 0.385. The van der Waals surface area contributed by atoms with Crippen molar-refractivity contribution in [2.24, 2.45) is 4.99 Å². The lowest BCUT2D eigenvalue weighted by Gasteiger charge is -2.41. The Morgan fingerprint density at radius 2 is 1.80 bits per heavy atom. The van der Waals surface area contributed by atoms with Crippen LogP contribution in [0.3, 0.4) is 0 Å². The number of piperazine rings is 1. The fourth-order valence-electron chi connectivity index (χ4n) is 7.14. The molecule has 0 saturated carbocycles. The number of aliphatic imine (C=N–C) groups is 1. The molecule has 3 heterocycles. The van der Waals surface area contributed by atoms with Crippen LogP contribution >= 0.6 is 23.2 Å². The van der Waals surface area contributed by atoms with Crippen LogP contribution in [0.25, 0.3) is 28.1 Å². The number of aliphatic hydroxyl groups excluding tert-OH is 2. The highest BCUT2D eigenvalue weighted by Crippen LogP contribution is 2.38. The second-order valence-corrected chi connectivity index (χ2v) is 14.4. The van der Waals surface area contributed by atoms with Crippen LogP contribution in [0.2, 0.25) is 10.0 Å². The topological polar surface area (TPSA) is 84.5 Å². The minimum Gasteiger partial charge on any atom is -0.392 e. The van der Waals surface area contributed by atoms with Crippen LogP contribution in [-0.2, 0) is 11.3 Å². The Labute approximate surface area is 303 Å². The minimum absolute atomic E-state index is 0.0102. The van der Waals surface area contributed by atoms with E-state index in [2.05, 4.69) is 41.3 Å². The Bertz CT molecular complexity index is 1890. The van der Waals surface area contributed by atoms with Crippen LogP contribution < -0.4 is 0 Å². The van der Waals surface area contributed by atoms with Gasteiger partial charge in [0.05, 0.1) is 31.2 Å². The zero-order valence-electron chi connectivity index (χ0n) is 28.6. The molecule has 11 heteroatoms. The standard InChI is InChI=1S/C39H44Cl2FN5O3/c1-25(2)47-34-7-5-4-6-32(34)38(26-9-12-29(42)13-10-26)35(47)15-14-30(48)21-31(49)22-37(50)46-17-16-43-39(46)36-24-44(3)18-19-45(36)23-27-8-11-28(40)20-33(27)41/h4-15,20,25,30-31,36,48-49H,16-19,21-24H2,1-3H3/t30-,31-,36?/m0/s1. The van der Waals surface area contributed by atoms with Gasteiger partial charge >= 0.3 is 0 Å². The van der Waals surface area contributed by atoms with E-state index in [4.69, 9.17) is 28.2 Å². The molecule has 3 aromatic carbocycles. The predicted octanol–water partition coefficient (Wildman–Crippen LogP) is 6.91. The summed E-state index contributed by atoms with van der Waals surface area (Å²) in [5, 5.41) is 24.3. The van der Waals surface area contributed by atoms with Crippen molar-refractivity contribution in [2.75, 3.05) is 39.8 Å². The lowest BCUT2D eigenvalue weighted by atomic mass is 10.0. The molecule has 0 aliphatic carbocycles. The number of nitrogens with zero attached hydrogens (tertiary/aromatic N) is 5. The number of fused-ring (bicyclic) bond motifs is 1. The van der Waals surface area contributed by atoms with Gasteiger partial charge in [-0.2, -0.15) is 0 Å². The maximum atomic E-state index is 13.8. The predicted molar refractivity (Wildman–Crippen MR) is 200 cm³/mol. The number of likely N-dealkylation sites (N-methyl/N-ethyl adjacent to an activating group) is 1. The number of aromatic nitrogens is 1. The summed E-state index contributed by atoms with van der Waals surface area (Å²) < 4.78 is 16.0. The van der Waals surface area contributed by atoms with Crippen molar-refractivity contribution in [1.82, 2.24) is 19.3 Å². The van der Waals surface area contributed by atoms with Gasteiger partial charge < -0.3 is 19.7 Å². The summed E-state index contributed by atoms with van der Waals surface area (Å²) in [7, 11) is 2.06. The van der Waals surface area contributed by atoms with Gasteiger partial charge in [-0.3, -0.25) is 19.6 Å². The monoisotopic (exact) mass is 719 g/mol. The molecular weight excluding hydrogens is 676 g/mol. The Hall–Kier alpha value is -3.57. The van der Waals surface area contributed by atoms with Crippen molar-refractivity contribution in [3.63, 3.8) is 0 Å². The summed E-state index contributed by atoms with van der Waals surface area (Å²) >= 11 is 12.6. The third-order valence-electron chi connectivity index (χ3n) is 9.55. The summed E-state index contributed by atoms with van der Waals surface area (Å²) in [6, 6.07) is 20.0. The van der Waals surface area contributed by atoms with Gasteiger partial charge in [0, 0.05) is 77.4 Å². The zero-order chi connectivity index (χ0) is 35.5. The number of amides is 1. The fourth-order valence-corrected chi connectivity index (χ4v) is 7.61. The molecule has 264 valence electrons. The largest absolute Gasteiger partial charge is 0.392 e. The number of hydrogen-bond acceptors (Lipinski definition) is 6. The molecule has 1 amide bonds. The van der Waals surface area contributed by atoms with Crippen molar-refractivity contribution in [1.29, 1.82) is 0 Å². The van der Waals surface area contributed by atoms with Gasteiger partial charge in [0.2, 0.25) is 5.91 Å². The highest BCUT2D eigenvalue weighted by Gasteiger charge is 2.37. The maximum Gasteiger partial charge on any atom is 0.230 e. The summed E-state index contributed by atoms with van der Waals surface area (Å²) in [6.07, 6.45) is 1.32. The molecule has 1 saturated heterocycles. The van der Waals surface area contributed by atoms with Gasteiger partial charge in [-0.1, -0.05) is 65.7 Å². The lowest BCUT2D eigenvalue weighted by Crippen LogP contribution is -2.58. The number of benzene rings is 3. The quantitative estimate of drug-likeness (QED) is 0.176. The molecule has 2 aliphatic rings. The van der Waals surface area contributed by atoms with Gasteiger partial charge in [-0.05, 0) is 68.4 Å². The van der Waals surface area contributed by atoms with Gasteiger partial charge in [0.25, 0.3) is 0 Å². The first-order chi connectivity index (χ1) is 24.0. The Morgan fingerprint density at radius 3 is 2.54 bits per heavy atom. The maximum absolute atomic E-state index is 13.8. The van der Waals surface area contributed by atoms with Gasteiger partial charge in [-0.25, -0.2) is 4.39 Å². The summed E-state index contributed by atoms with van der Waals surface area (Å²) in [5.74, 6) is 0.172. The molecule has 4 aromatic rings. The number of carbonyl (C=O) groups excluding carboxylic acids is 1. The Balaban J connectivity index is 1.15. The van der Waals surface area contributed by atoms with E-state index in [1.807, 2.05) is 36.4 Å². The smallest absolute Gasteiger partial charge is 0.230 e. The molecule has 2 aliphatic heterocycles. The zero-order valence-corrected chi connectivity index (χ0v) is 30.2. The average molecular weight is 721 g/mol. The Kier molecular flexibility index (Phi) is 11.4. The van der Waals surface area contributed by atoms with Crippen LogP contribution in [0.4, 0.5) is 4.39 Å². The second-order valence-electron chi connectivity index (χ2n) is 13.5. The van der Waals surface area contributed by atoms with Crippen LogP contribution in [0, 0.1) is 5.82 Å². The normalized spacial score (nSPS) is 18.8. The van der Waals surface area contributed by atoms with Gasteiger partial charge in [-0.15, -0.1) is 0 Å². The van der Waals surface area contributed by atoms with E-state index < -0.39 is 12.2 Å². The van der Waals surface area contributed by atoms with Crippen LogP contribution in [-0.4, -0.2) is 99.2 Å². The third-order valence-corrected chi connectivity index (χ3v) is 10.1. The number of hydrogen-bond donors (Lipinski definition) is 2. The molecule has 0 bridgehead atoms. The van der Waals surface area contributed by atoms with Crippen molar-refractivity contribution >= 4 is 51.9 Å².